The van der Waals surface area contributed by atoms with Gasteiger partial charge in [0.2, 0.25) is 0 Å². The average Bonchev–Trinajstić information content (AvgIpc) is 2.89. The zero-order valence-corrected chi connectivity index (χ0v) is 10.2. The summed E-state index contributed by atoms with van der Waals surface area (Å²) in [5.41, 5.74) is 5.90. The second kappa shape index (κ2) is 5.10. The quantitative estimate of drug-likeness (QED) is 0.851. The van der Waals surface area contributed by atoms with Crippen molar-refractivity contribution in [2.75, 3.05) is 19.6 Å². The van der Waals surface area contributed by atoms with Crippen LogP contribution < -0.4 is 5.73 Å². The molecule has 0 amide bonds. The first-order chi connectivity index (χ1) is 7.35. The van der Waals surface area contributed by atoms with Crippen LogP contribution in [0.4, 0.5) is 0 Å². The van der Waals surface area contributed by atoms with E-state index in [-0.39, 0.29) is 0 Å². The third-order valence-electron chi connectivity index (χ3n) is 3.43. The van der Waals surface area contributed by atoms with Crippen molar-refractivity contribution in [2.24, 2.45) is 11.7 Å². The molecule has 0 radical (unpaired) electrons. The van der Waals surface area contributed by atoms with Crippen LogP contribution in [0.2, 0.25) is 0 Å². The Hall–Kier alpha value is -0.380. The van der Waals surface area contributed by atoms with E-state index in [1.165, 1.54) is 30.8 Å². The van der Waals surface area contributed by atoms with Crippen LogP contribution in [0.3, 0.4) is 0 Å². The summed E-state index contributed by atoms with van der Waals surface area (Å²) in [5.74, 6) is 0.888. The van der Waals surface area contributed by atoms with Crippen LogP contribution in [0, 0.1) is 5.92 Å². The van der Waals surface area contributed by atoms with Gasteiger partial charge in [0.25, 0.3) is 0 Å². The van der Waals surface area contributed by atoms with E-state index in [2.05, 4.69) is 29.3 Å². The summed E-state index contributed by atoms with van der Waals surface area (Å²) in [7, 11) is 0. The number of rotatable bonds is 4. The maximum Gasteiger partial charge on any atom is 0.0564 e. The molecular formula is C12H20N2S. The Balaban J connectivity index is 2.02. The van der Waals surface area contributed by atoms with Crippen molar-refractivity contribution >= 4 is 11.3 Å². The molecule has 0 spiro atoms. The minimum Gasteiger partial charge on any atom is -0.329 e. The van der Waals surface area contributed by atoms with Crippen LogP contribution in [-0.2, 0) is 0 Å². The molecule has 2 rings (SSSR count). The number of nitrogens with zero attached hydrogens (tertiary/aromatic N) is 1. The molecule has 1 saturated heterocycles. The fraction of sp³-hybridized carbons (Fsp3) is 0.667. The zero-order chi connectivity index (χ0) is 10.7. The monoisotopic (exact) mass is 224 g/mol. The standard InChI is InChI=1S/C12H20N2S/c1-2-10-5-6-14(9-10)11(8-13)12-4-3-7-15-12/h3-4,7,10-11H,2,5-6,8-9,13H2,1H3. The smallest absolute Gasteiger partial charge is 0.0564 e. The summed E-state index contributed by atoms with van der Waals surface area (Å²) in [5, 5.41) is 2.14. The Morgan fingerprint density at radius 3 is 3.07 bits per heavy atom. The molecule has 15 heavy (non-hydrogen) atoms. The molecule has 1 aromatic heterocycles. The number of likely N-dealkylation sites (tertiary alicyclic amines) is 1. The molecule has 0 aliphatic carbocycles. The van der Waals surface area contributed by atoms with E-state index in [1.54, 1.807) is 0 Å². The lowest BCUT2D eigenvalue weighted by atomic mass is 10.1. The third kappa shape index (κ3) is 2.41. The Kier molecular flexibility index (Phi) is 3.78. The van der Waals surface area contributed by atoms with E-state index < -0.39 is 0 Å². The normalized spacial score (nSPS) is 24.5. The van der Waals surface area contributed by atoms with Gasteiger partial charge in [-0.2, -0.15) is 0 Å². The first-order valence-corrected chi connectivity index (χ1v) is 6.70. The molecule has 0 saturated carbocycles. The van der Waals surface area contributed by atoms with Gasteiger partial charge in [-0.15, -0.1) is 11.3 Å². The Morgan fingerprint density at radius 2 is 2.53 bits per heavy atom. The Bertz CT molecular complexity index is 284. The molecular weight excluding hydrogens is 204 g/mol. The van der Waals surface area contributed by atoms with Gasteiger partial charge in [0.15, 0.2) is 0 Å². The summed E-state index contributed by atoms with van der Waals surface area (Å²) in [4.78, 5) is 3.98. The molecule has 2 atom stereocenters. The van der Waals surface area contributed by atoms with E-state index in [0.717, 1.165) is 12.5 Å². The van der Waals surface area contributed by atoms with Gasteiger partial charge >= 0.3 is 0 Å². The number of thiophene rings is 1. The van der Waals surface area contributed by atoms with Crippen molar-refractivity contribution in [3.8, 4) is 0 Å². The van der Waals surface area contributed by atoms with Crippen LogP contribution in [0.25, 0.3) is 0 Å². The molecule has 2 unspecified atom stereocenters. The van der Waals surface area contributed by atoms with Crippen LogP contribution in [-0.4, -0.2) is 24.5 Å². The second-order valence-corrected chi connectivity index (χ2v) is 5.30. The molecule has 1 aromatic rings. The highest BCUT2D eigenvalue weighted by Gasteiger charge is 2.27. The minimum atomic E-state index is 0.460. The third-order valence-corrected chi connectivity index (χ3v) is 4.40. The van der Waals surface area contributed by atoms with Crippen LogP contribution in [0.5, 0.6) is 0 Å². The molecule has 3 heteroatoms. The van der Waals surface area contributed by atoms with Crippen molar-refractivity contribution in [2.45, 2.75) is 25.8 Å². The van der Waals surface area contributed by atoms with Gasteiger partial charge in [-0.1, -0.05) is 19.4 Å². The maximum atomic E-state index is 5.90. The van der Waals surface area contributed by atoms with Gasteiger partial charge in [0, 0.05) is 18.0 Å². The van der Waals surface area contributed by atoms with Crippen molar-refractivity contribution in [3.63, 3.8) is 0 Å². The Morgan fingerprint density at radius 1 is 1.67 bits per heavy atom. The molecule has 1 aliphatic heterocycles. The van der Waals surface area contributed by atoms with Gasteiger partial charge in [-0.3, -0.25) is 4.90 Å². The summed E-state index contributed by atoms with van der Waals surface area (Å²) >= 11 is 1.83. The predicted molar refractivity (Wildman–Crippen MR) is 66.1 cm³/mol. The SMILES string of the molecule is CCC1CCN(C(CN)c2cccs2)C1. The molecule has 0 aromatic carbocycles. The number of nitrogens with two attached hydrogens (primary N) is 1. The molecule has 1 aliphatic rings. The largest absolute Gasteiger partial charge is 0.329 e. The molecule has 2 N–H and O–H groups in total. The van der Waals surface area contributed by atoms with Gasteiger partial charge in [-0.25, -0.2) is 0 Å². The molecule has 84 valence electrons. The highest BCUT2D eigenvalue weighted by Crippen LogP contribution is 2.30. The van der Waals surface area contributed by atoms with Crippen molar-refractivity contribution in [1.82, 2.24) is 4.90 Å². The molecule has 0 bridgehead atoms. The zero-order valence-electron chi connectivity index (χ0n) is 9.36. The molecule has 1 fully saturated rings. The van der Waals surface area contributed by atoms with Crippen LogP contribution in [0.1, 0.15) is 30.7 Å². The second-order valence-electron chi connectivity index (χ2n) is 4.32. The highest BCUT2D eigenvalue weighted by atomic mass is 32.1. The Labute approximate surface area is 96.1 Å². The van der Waals surface area contributed by atoms with Gasteiger partial charge in [0.1, 0.15) is 0 Å². The summed E-state index contributed by atoms with van der Waals surface area (Å²) < 4.78 is 0. The van der Waals surface area contributed by atoms with E-state index in [1.807, 2.05) is 11.3 Å². The van der Waals surface area contributed by atoms with Crippen molar-refractivity contribution in [1.29, 1.82) is 0 Å². The lowest BCUT2D eigenvalue weighted by Crippen LogP contribution is -2.31. The predicted octanol–water partition coefficient (Wildman–Crippen LogP) is 2.48. The van der Waals surface area contributed by atoms with Gasteiger partial charge in [-0.05, 0) is 30.3 Å². The van der Waals surface area contributed by atoms with E-state index in [4.69, 9.17) is 5.73 Å². The van der Waals surface area contributed by atoms with E-state index >= 15 is 0 Å². The van der Waals surface area contributed by atoms with Gasteiger partial charge in [0.05, 0.1) is 6.04 Å². The minimum absolute atomic E-state index is 0.460. The number of hydrogen-bond donors (Lipinski definition) is 1. The first-order valence-electron chi connectivity index (χ1n) is 5.82. The van der Waals surface area contributed by atoms with E-state index in [9.17, 15) is 0 Å². The van der Waals surface area contributed by atoms with Crippen LogP contribution in [0.15, 0.2) is 17.5 Å². The van der Waals surface area contributed by atoms with E-state index in [0.29, 0.717) is 6.04 Å². The summed E-state index contributed by atoms with van der Waals surface area (Å²) in [6, 6.07) is 4.79. The molecule has 2 heterocycles. The van der Waals surface area contributed by atoms with Crippen LogP contribution >= 0.6 is 11.3 Å². The van der Waals surface area contributed by atoms with Crippen molar-refractivity contribution < 1.29 is 0 Å². The number of hydrogen-bond acceptors (Lipinski definition) is 3. The molecule has 2 nitrogen and oxygen atoms in total. The lowest BCUT2D eigenvalue weighted by Gasteiger charge is -2.25. The summed E-state index contributed by atoms with van der Waals surface area (Å²) in [6.45, 7) is 5.49. The van der Waals surface area contributed by atoms with Crippen molar-refractivity contribution in [3.05, 3.63) is 22.4 Å². The fourth-order valence-electron chi connectivity index (χ4n) is 2.40. The summed E-state index contributed by atoms with van der Waals surface area (Å²) in [6.07, 6.45) is 2.65. The topological polar surface area (TPSA) is 29.3 Å². The maximum absolute atomic E-state index is 5.90. The average molecular weight is 224 g/mol. The van der Waals surface area contributed by atoms with Gasteiger partial charge < -0.3 is 5.73 Å². The lowest BCUT2D eigenvalue weighted by molar-refractivity contribution is 0.244. The highest BCUT2D eigenvalue weighted by molar-refractivity contribution is 7.10. The fourth-order valence-corrected chi connectivity index (χ4v) is 3.28. The first kappa shape index (κ1) is 11.1.